The lowest BCUT2D eigenvalue weighted by molar-refractivity contribution is 0.328. The molecule has 0 atom stereocenters. The van der Waals surface area contributed by atoms with E-state index in [0.717, 1.165) is 22.5 Å². The smallest absolute Gasteiger partial charge is 0.215 e. The molecule has 3 aromatic rings. The number of benzene rings is 1. The molecule has 2 aromatic heterocycles. The maximum Gasteiger partial charge on any atom is 0.215 e. The summed E-state index contributed by atoms with van der Waals surface area (Å²) >= 11 is 0. The zero-order chi connectivity index (χ0) is 13.9. The second-order valence-electron chi connectivity index (χ2n) is 4.44. The highest BCUT2D eigenvalue weighted by molar-refractivity contribution is 5.76. The number of nitrogens with zero attached hydrogens (tertiary/aromatic N) is 2. The summed E-state index contributed by atoms with van der Waals surface area (Å²) in [5, 5.41) is 0. The number of rotatable bonds is 4. The number of aromatic nitrogens is 3. The molecule has 0 bridgehead atoms. The summed E-state index contributed by atoms with van der Waals surface area (Å²) in [7, 11) is 0. The molecule has 0 unspecified atom stereocenters. The summed E-state index contributed by atoms with van der Waals surface area (Å²) in [6, 6.07) is 11.8. The Labute approximate surface area is 116 Å². The van der Waals surface area contributed by atoms with Crippen molar-refractivity contribution >= 4 is 11.2 Å². The summed E-state index contributed by atoms with van der Waals surface area (Å²) < 4.78 is 5.38. The fraction of sp³-hybridized carbons (Fsp3) is 0.200. The number of aromatic amines is 1. The van der Waals surface area contributed by atoms with E-state index in [1.165, 1.54) is 0 Å². The zero-order valence-corrected chi connectivity index (χ0v) is 11.3. The van der Waals surface area contributed by atoms with Gasteiger partial charge in [0.15, 0.2) is 5.65 Å². The Morgan fingerprint density at radius 2 is 2.10 bits per heavy atom. The average Bonchev–Trinajstić information content (AvgIpc) is 2.91. The van der Waals surface area contributed by atoms with E-state index < -0.39 is 0 Å². The number of fused-ring (bicyclic) bond motifs is 1. The first-order valence-electron chi connectivity index (χ1n) is 6.59. The Hall–Kier alpha value is -2.40. The highest BCUT2D eigenvalue weighted by atomic mass is 16.5. The monoisotopic (exact) mass is 268 g/mol. The van der Waals surface area contributed by atoms with Gasteiger partial charge in [-0.2, -0.15) is 4.98 Å². The number of nitrogens with one attached hydrogen (secondary N) is 1. The highest BCUT2D eigenvalue weighted by Crippen LogP contribution is 2.22. The minimum absolute atomic E-state index is 0.515. The van der Waals surface area contributed by atoms with Crippen LogP contribution in [0, 0.1) is 0 Å². The fourth-order valence-electron chi connectivity index (χ4n) is 2.09. The molecule has 1 aromatic carbocycles. The van der Waals surface area contributed by atoms with Crippen molar-refractivity contribution in [1.29, 1.82) is 0 Å². The van der Waals surface area contributed by atoms with Gasteiger partial charge in [-0.15, -0.1) is 0 Å². The molecule has 2 heterocycles. The van der Waals surface area contributed by atoms with Crippen molar-refractivity contribution in [3.63, 3.8) is 0 Å². The van der Waals surface area contributed by atoms with E-state index in [0.29, 0.717) is 24.7 Å². The maximum atomic E-state index is 5.67. The Morgan fingerprint density at radius 1 is 1.20 bits per heavy atom. The molecule has 3 rings (SSSR count). The molecule has 0 radical (unpaired) electrons. The third kappa shape index (κ3) is 2.35. The number of imidazole rings is 1. The quantitative estimate of drug-likeness (QED) is 0.762. The van der Waals surface area contributed by atoms with E-state index in [-0.39, 0.29) is 0 Å². The lowest BCUT2D eigenvalue weighted by atomic mass is 10.1. The molecule has 0 saturated heterocycles. The van der Waals surface area contributed by atoms with Gasteiger partial charge in [0.2, 0.25) is 5.88 Å². The van der Waals surface area contributed by atoms with Gasteiger partial charge in [-0.25, -0.2) is 4.98 Å². The first-order chi connectivity index (χ1) is 9.80. The second-order valence-corrected chi connectivity index (χ2v) is 4.44. The lowest BCUT2D eigenvalue weighted by Crippen LogP contribution is -1.96. The van der Waals surface area contributed by atoms with Gasteiger partial charge in [-0.1, -0.05) is 18.2 Å². The van der Waals surface area contributed by atoms with Crippen molar-refractivity contribution in [1.82, 2.24) is 15.0 Å². The molecule has 5 nitrogen and oxygen atoms in total. The normalized spacial score (nSPS) is 10.9. The average molecular weight is 268 g/mol. The van der Waals surface area contributed by atoms with E-state index in [4.69, 9.17) is 10.5 Å². The van der Waals surface area contributed by atoms with Gasteiger partial charge < -0.3 is 15.5 Å². The molecule has 0 fully saturated rings. The summed E-state index contributed by atoms with van der Waals surface area (Å²) in [5.74, 6) is 1.38. The van der Waals surface area contributed by atoms with Crippen molar-refractivity contribution in [3.05, 3.63) is 42.0 Å². The molecular weight excluding hydrogens is 252 g/mol. The topological polar surface area (TPSA) is 76.8 Å². The molecule has 0 aliphatic heterocycles. The first kappa shape index (κ1) is 12.6. The van der Waals surface area contributed by atoms with E-state index in [1.807, 2.05) is 43.3 Å². The van der Waals surface area contributed by atoms with Crippen LogP contribution in [0.5, 0.6) is 5.88 Å². The number of H-pyrrole nitrogens is 1. The molecule has 102 valence electrons. The van der Waals surface area contributed by atoms with Crippen molar-refractivity contribution in [2.75, 3.05) is 6.61 Å². The molecule has 5 heteroatoms. The van der Waals surface area contributed by atoms with Crippen LogP contribution in [0.3, 0.4) is 0 Å². The van der Waals surface area contributed by atoms with Crippen molar-refractivity contribution in [3.8, 4) is 17.3 Å². The van der Waals surface area contributed by atoms with Gasteiger partial charge in [0.05, 0.1) is 12.1 Å². The van der Waals surface area contributed by atoms with Gasteiger partial charge in [0, 0.05) is 18.2 Å². The van der Waals surface area contributed by atoms with E-state index in [2.05, 4.69) is 15.0 Å². The number of hydrogen-bond acceptors (Lipinski definition) is 4. The largest absolute Gasteiger partial charge is 0.478 e. The van der Waals surface area contributed by atoms with Crippen LogP contribution in [0.25, 0.3) is 22.6 Å². The molecule has 0 aliphatic rings. The van der Waals surface area contributed by atoms with Crippen LogP contribution in [0.15, 0.2) is 36.4 Å². The number of ether oxygens (including phenoxy) is 1. The van der Waals surface area contributed by atoms with Crippen LogP contribution >= 0.6 is 0 Å². The summed E-state index contributed by atoms with van der Waals surface area (Å²) in [4.78, 5) is 12.1. The summed E-state index contributed by atoms with van der Waals surface area (Å²) in [6.07, 6.45) is 0. The maximum absolute atomic E-state index is 5.67. The van der Waals surface area contributed by atoms with Crippen LogP contribution in [0.1, 0.15) is 12.5 Å². The van der Waals surface area contributed by atoms with Gasteiger partial charge in [0.25, 0.3) is 0 Å². The van der Waals surface area contributed by atoms with Gasteiger partial charge in [-0.3, -0.25) is 0 Å². The minimum atomic E-state index is 0.515. The predicted molar refractivity (Wildman–Crippen MR) is 78.4 cm³/mol. The molecule has 3 N–H and O–H groups in total. The Morgan fingerprint density at radius 3 is 2.90 bits per heavy atom. The standard InChI is InChI=1S/C15H16N4O/c1-2-20-13-7-6-12-15(18-13)19-14(17-12)11-5-3-4-10(8-11)9-16/h3-8H,2,9,16H2,1H3,(H,17,18,19). The van der Waals surface area contributed by atoms with E-state index in [9.17, 15) is 0 Å². The van der Waals surface area contributed by atoms with Crippen LogP contribution in [0.4, 0.5) is 0 Å². The first-order valence-corrected chi connectivity index (χ1v) is 6.59. The van der Waals surface area contributed by atoms with Crippen LogP contribution < -0.4 is 10.5 Å². The van der Waals surface area contributed by atoms with Crippen molar-refractivity contribution in [2.24, 2.45) is 5.73 Å². The van der Waals surface area contributed by atoms with Gasteiger partial charge in [0.1, 0.15) is 5.82 Å². The molecule has 0 spiro atoms. The lowest BCUT2D eigenvalue weighted by Gasteiger charge is -1.99. The molecule has 0 saturated carbocycles. The van der Waals surface area contributed by atoms with Crippen molar-refractivity contribution < 1.29 is 4.74 Å². The summed E-state index contributed by atoms with van der Waals surface area (Å²) in [6.45, 7) is 3.04. The van der Waals surface area contributed by atoms with E-state index in [1.54, 1.807) is 0 Å². The van der Waals surface area contributed by atoms with Gasteiger partial charge >= 0.3 is 0 Å². The number of pyridine rings is 1. The third-order valence-electron chi connectivity index (χ3n) is 3.05. The summed E-state index contributed by atoms with van der Waals surface area (Å²) in [5.41, 5.74) is 9.29. The Balaban J connectivity index is 2.03. The third-order valence-corrected chi connectivity index (χ3v) is 3.05. The zero-order valence-electron chi connectivity index (χ0n) is 11.3. The number of nitrogens with two attached hydrogens (primary N) is 1. The molecular formula is C15H16N4O. The number of hydrogen-bond donors (Lipinski definition) is 2. The molecule has 0 amide bonds. The Kier molecular flexibility index (Phi) is 3.35. The van der Waals surface area contributed by atoms with Crippen LogP contribution in [-0.4, -0.2) is 21.6 Å². The van der Waals surface area contributed by atoms with Gasteiger partial charge in [-0.05, 0) is 24.6 Å². The Bertz CT molecular complexity index is 736. The van der Waals surface area contributed by atoms with E-state index >= 15 is 0 Å². The van der Waals surface area contributed by atoms with Crippen LogP contribution in [0.2, 0.25) is 0 Å². The molecule has 0 aliphatic carbocycles. The predicted octanol–water partition coefficient (Wildman–Crippen LogP) is 2.48. The van der Waals surface area contributed by atoms with Crippen molar-refractivity contribution in [2.45, 2.75) is 13.5 Å². The second kappa shape index (κ2) is 5.30. The minimum Gasteiger partial charge on any atom is -0.478 e. The molecule has 20 heavy (non-hydrogen) atoms. The SMILES string of the molecule is CCOc1ccc2[nH]c(-c3cccc(CN)c3)nc2n1. The van der Waals surface area contributed by atoms with Crippen LogP contribution in [-0.2, 0) is 6.54 Å². The fourth-order valence-corrected chi connectivity index (χ4v) is 2.09. The highest BCUT2D eigenvalue weighted by Gasteiger charge is 2.08.